The summed E-state index contributed by atoms with van der Waals surface area (Å²) in [5, 5.41) is 8.27. The highest BCUT2D eigenvalue weighted by atomic mass is 15.1. The molecule has 3 rings (SSSR count). The molecular weight excluding hydrogens is 258 g/mol. The molecule has 0 spiro atoms. The minimum Gasteiger partial charge on any atom is -0.232 e. The first-order valence-electron chi connectivity index (χ1n) is 7.09. The van der Waals surface area contributed by atoms with Crippen molar-refractivity contribution < 1.29 is 0 Å². The molecule has 0 amide bonds. The van der Waals surface area contributed by atoms with Crippen LogP contribution < -0.4 is 0 Å². The van der Waals surface area contributed by atoms with E-state index >= 15 is 0 Å². The van der Waals surface area contributed by atoms with Gasteiger partial charge in [0, 0.05) is 11.1 Å². The van der Waals surface area contributed by atoms with E-state index in [9.17, 15) is 0 Å². The highest BCUT2D eigenvalue weighted by molar-refractivity contribution is 5.77. The van der Waals surface area contributed by atoms with Gasteiger partial charge in [-0.3, -0.25) is 0 Å². The van der Waals surface area contributed by atoms with E-state index in [1.165, 1.54) is 11.9 Å². The van der Waals surface area contributed by atoms with Gasteiger partial charge in [-0.05, 0) is 17.5 Å². The van der Waals surface area contributed by atoms with Crippen molar-refractivity contribution in [1.82, 2.24) is 15.2 Å². The van der Waals surface area contributed by atoms with Gasteiger partial charge in [-0.15, -0.1) is 10.2 Å². The predicted molar refractivity (Wildman–Crippen MR) is 84.8 cm³/mol. The maximum atomic E-state index is 4.43. The van der Waals surface area contributed by atoms with Crippen molar-refractivity contribution in [3.63, 3.8) is 0 Å². The van der Waals surface area contributed by atoms with Crippen molar-refractivity contribution in [1.29, 1.82) is 0 Å². The summed E-state index contributed by atoms with van der Waals surface area (Å²) in [5.41, 5.74) is 5.09. The molecule has 0 aliphatic heterocycles. The number of rotatable bonds is 3. The van der Waals surface area contributed by atoms with E-state index in [1.807, 2.05) is 30.3 Å². The minimum absolute atomic E-state index is 0.481. The van der Waals surface area contributed by atoms with E-state index in [0.717, 1.165) is 22.5 Å². The van der Waals surface area contributed by atoms with Crippen LogP contribution in [-0.4, -0.2) is 15.2 Å². The Morgan fingerprint density at radius 2 is 1.57 bits per heavy atom. The summed E-state index contributed by atoms with van der Waals surface area (Å²) in [4.78, 5) is 4.43. The second-order valence-electron chi connectivity index (χ2n) is 5.30. The first-order chi connectivity index (χ1) is 10.3. The van der Waals surface area contributed by atoms with Crippen LogP contribution in [0.3, 0.4) is 0 Å². The zero-order chi connectivity index (χ0) is 14.7. The van der Waals surface area contributed by atoms with Crippen molar-refractivity contribution >= 4 is 0 Å². The molecule has 0 bridgehead atoms. The third-order valence-electron chi connectivity index (χ3n) is 3.49. The van der Waals surface area contributed by atoms with Crippen LogP contribution in [0.2, 0.25) is 0 Å². The Morgan fingerprint density at radius 3 is 2.33 bits per heavy atom. The van der Waals surface area contributed by atoms with Gasteiger partial charge in [0.15, 0.2) is 0 Å². The third kappa shape index (κ3) is 2.82. The first kappa shape index (κ1) is 13.4. The van der Waals surface area contributed by atoms with Gasteiger partial charge in [0.05, 0.1) is 0 Å². The van der Waals surface area contributed by atoms with Crippen LogP contribution in [0.25, 0.3) is 22.5 Å². The van der Waals surface area contributed by atoms with Crippen LogP contribution in [0.1, 0.15) is 25.3 Å². The molecule has 0 unspecified atom stereocenters. The normalized spacial score (nSPS) is 10.8. The SMILES string of the molecule is CC(C)c1cccc(-c2nncnc2-c2ccccc2)c1. The van der Waals surface area contributed by atoms with Crippen LogP contribution in [0, 0.1) is 0 Å². The molecule has 1 heterocycles. The molecule has 0 saturated carbocycles. The van der Waals surface area contributed by atoms with E-state index in [1.54, 1.807) is 0 Å². The van der Waals surface area contributed by atoms with Crippen molar-refractivity contribution in [2.45, 2.75) is 19.8 Å². The van der Waals surface area contributed by atoms with Gasteiger partial charge in [-0.2, -0.15) is 0 Å². The number of hydrogen-bond acceptors (Lipinski definition) is 3. The second-order valence-corrected chi connectivity index (χ2v) is 5.30. The zero-order valence-corrected chi connectivity index (χ0v) is 12.2. The van der Waals surface area contributed by atoms with Crippen molar-refractivity contribution in [3.05, 3.63) is 66.5 Å². The van der Waals surface area contributed by atoms with Crippen LogP contribution >= 0.6 is 0 Å². The lowest BCUT2D eigenvalue weighted by Crippen LogP contribution is -1.96. The van der Waals surface area contributed by atoms with E-state index in [0.29, 0.717) is 5.92 Å². The molecule has 3 nitrogen and oxygen atoms in total. The van der Waals surface area contributed by atoms with Crippen molar-refractivity contribution in [3.8, 4) is 22.5 Å². The van der Waals surface area contributed by atoms with Crippen LogP contribution in [0.4, 0.5) is 0 Å². The van der Waals surface area contributed by atoms with Crippen molar-refractivity contribution in [2.24, 2.45) is 0 Å². The Bertz CT molecular complexity index is 736. The topological polar surface area (TPSA) is 38.7 Å². The predicted octanol–water partition coefficient (Wildman–Crippen LogP) is 4.33. The van der Waals surface area contributed by atoms with Gasteiger partial charge >= 0.3 is 0 Å². The van der Waals surface area contributed by atoms with Crippen LogP contribution in [0.5, 0.6) is 0 Å². The lowest BCUT2D eigenvalue weighted by atomic mass is 9.98. The summed E-state index contributed by atoms with van der Waals surface area (Å²) in [6.07, 6.45) is 1.50. The molecular formula is C18H17N3. The quantitative estimate of drug-likeness (QED) is 0.714. The highest BCUT2D eigenvalue weighted by Crippen LogP contribution is 2.29. The van der Waals surface area contributed by atoms with Crippen LogP contribution in [0.15, 0.2) is 60.9 Å². The molecule has 1 aromatic heterocycles. The number of nitrogens with zero attached hydrogens (tertiary/aromatic N) is 3. The maximum absolute atomic E-state index is 4.43. The maximum Gasteiger partial charge on any atom is 0.138 e. The Balaban J connectivity index is 2.14. The molecule has 104 valence electrons. The average molecular weight is 275 g/mol. The van der Waals surface area contributed by atoms with E-state index in [-0.39, 0.29) is 0 Å². The van der Waals surface area contributed by atoms with Gasteiger partial charge in [-0.1, -0.05) is 62.4 Å². The zero-order valence-electron chi connectivity index (χ0n) is 12.2. The standard InChI is InChI=1S/C18H17N3/c1-13(2)15-9-6-10-16(11-15)18-17(19-12-20-21-18)14-7-4-3-5-8-14/h3-13H,1-2H3. The number of hydrogen-bond donors (Lipinski definition) is 0. The smallest absolute Gasteiger partial charge is 0.138 e. The Hall–Kier alpha value is -2.55. The van der Waals surface area contributed by atoms with E-state index in [2.05, 4.69) is 53.3 Å². The summed E-state index contributed by atoms with van der Waals surface area (Å²) in [7, 11) is 0. The summed E-state index contributed by atoms with van der Waals surface area (Å²) in [6.45, 7) is 4.37. The molecule has 0 fully saturated rings. The van der Waals surface area contributed by atoms with Gasteiger partial charge < -0.3 is 0 Å². The highest BCUT2D eigenvalue weighted by Gasteiger charge is 2.11. The summed E-state index contributed by atoms with van der Waals surface area (Å²) < 4.78 is 0. The molecule has 0 saturated heterocycles. The first-order valence-corrected chi connectivity index (χ1v) is 7.09. The summed E-state index contributed by atoms with van der Waals surface area (Å²) in [5.74, 6) is 0.481. The fraction of sp³-hybridized carbons (Fsp3) is 0.167. The largest absolute Gasteiger partial charge is 0.232 e. The fourth-order valence-corrected chi connectivity index (χ4v) is 2.32. The summed E-state index contributed by atoms with van der Waals surface area (Å²) >= 11 is 0. The molecule has 0 atom stereocenters. The number of aromatic nitrogens is 3. The third-order valence-corrected chi connectivity index (χ3v) is 3.49. The van der Waals surface area contributed by atoms with Gasteiger partial charge in [0.1, 0.15) is 17.7 Å². The second kappa shape index (κ2) is 5.83. The van der Waals surface area contributed by atoms with Gasteiger partial charge in [-0.25, -0.2) is 4.98 Å². The molecule has 21 heavy (non-hydrogen) atoms. The molecule has 0 N–H and O–H groups in total. The Morgan fingerprint density at radius 1 is 0.810 bits per heavy atom. The molecule has 0 aliphatic carbocycles. The fourth-order valence-electron chi connectivity index (χ4n) is 2.32. The van der Waals surface area contributed by atoms with E-state index in [4.69, 9.17) is 0 Å². The van der Waals surface area contributed by atoms with E-state index < -0.39 is 0 Å². The van der Waals surface area contributed by atoms with Gasteiger partial charge in [0.2, 0.25) is 0 Å². The summed E-state index contributed by atoms with van der Waals surface area (Å²) in [6, 6.07) is 18.5. The lowest BCUT2D eigenvalue weighted by Gasteiger charge is -2.10. The minimum atomic E-state index is 0.481. The molecule has 0 radical (unpaired) electrons. The monoisotopic (exact) mass is 275 g/mol. The molecule has 3 aromatic rings. The molecule has 0 aliphatic rings. The lowest BCUT2D eigenvalue weighted by molar-refractivity contribution is 0.866. The Kier molecular flexibility index (Phi) is 3.73. The van der Waals surface area contributed by atoms with Crippen LogP contribution in [-0.2, 0) is 0 Å². The molecule has 3 heteroatoms. The average Bonchev–Trinajstić information content (AvgIpc) is 2.56. The molecule has 2 aromatic carbocycles. The van der Waals surface area contributed by atoms with Crippen molar-refractivity contribution in [2.75, 3.05) is 0 Å². The van der Waals surface area contributed by atoms with Gasteiger partial charge in [0.25, 0.3) is 0 Å². The Labute approximate surface area is 124 Å². The number of benzene rings is 2.